The van der Waals surface area contributed by atoms with Crippen LogP contribution in [0.2, 0.25) is 0 Å². The lowest BCUT2D eigenvalue weighted by atomic mass is 9.92. The van der Waals surface area contributed by atoms with Crippen molar-refractivity contribution in [2.45, 2.75) is 40.0 Å². The van der Waals surface area contributed by atoms with Crippen molar-refractivity contribution in [1.29, 1.82) is 0 Å². The van der Waals surface area contributed by atoms with Crippen LogP contribution in [0.5, 0.6) is 0 Å². The van der Waals surface area contributed by atoms with Crippen molar-refractivity contribution < 1.29 is 0 Å². The van der Waals surface area contributed by atoms with Gasteiger partial charge in [0.05, 0.1) is 0 Å². The summed E-state index contributed by atoms with van der Waals surface area (Å²) in [7, 11) is 0. The minimum absolute atomic E-state index is 1.15. The lowest BCUT2D eigenvalue weighted by Gasteiger charge is -2.13. The van der Waals surface area contributed by atoms with Gasteiger partial charge in [0.1, 0.15) is 0 Å². The van der Waals surface area contributed by atoms with Crippen molar-refractivity contribution in [3.63, 3.8) is 0 Å². The minimum Gasteiger partial charge on any atom is -0.0908 e. The molecule has 0 saturated carbocycles. The minimum atomic E-state index is 1.15. The third-order valence-corrected chi connectivity index (χ3v) is 4.66. The highest BCUT2D eigenvalue weighted by molar-refractivity contribution is 5.62. The average molecular weight is 262 g/mol. The molecule has 0 unspecified atom stereocenters. The van der Waals surface area contributed by atoms with Crippen LogP contribution in [0.15, 0.2) is 24.3 Å². The Labute approximate surface area is 120 Å². The number of unbranched alkanes of at least 4 members (excludes halogenated alkanes) is 1. The maximum Gasteiger partial charge on any atom is -0.00329 e. The number of hydrogen-bond donors (Lipinski definition) is 0. The van der Waals surface area contributed by atoms with Gasteiger partial charge in [-0.3, -0.25) is 0 Å². The molecule has 0 nitrogen and oxygen atoms in total. The Kier molecular flexibility index (Phi) is 3.25. The molecular weight excluding hydrogens is 240 g/mol. The van der Waals surface area contributed by atoms with E-state index in [1.165, 1.54) is 56.0 Å². The Hall–Kier alpha value is -1.82. The number of fused-ring (bicyclic) bond motifs is 2. The zero-order valence-electron chi connectivity index (χ0n) is 12.7. The molecule has 0 atom stereocenters. The molecule has 2 aromatic rings. The van der Waals surface area contributed by atoms with Gasteiger partial charge in [-0.15, -0.1) is 0 Å². The average Bonchev–Trinajstić information content (AvgIpc) is 2.84. The molecule has 0 bridgehead atoms. The molecule has 0 spiro atoms. The highest BCUT2D eigenvalue weighted by atomic mass is 14.2. The summed E-state index contributed by atoms with van der Waals surface area (Å²) in [6.07, 6.45) is 5.95. The van der Waals surface area contributed by atoms with E-state index in [0.717, 1.165) is 6.42 Å². The molecule has 3 rings (SSSR count). The van der Waals surface area contributed by atoms with E-state index < -0.39 is 0 Å². The Morgan fingerprint density at radius 1 is 1.05 bits per heavy atom. The summed E-state index contributed by atoms with van der Waals surface area (Å²) in [5, 5.41) is 5.31. The van der Waals surface area contributed by atoms with E-state index in [-0.39, 0.29) is 0 Å². The molecule has 0 amide bonds. The van der Waals surface area contributed by atoms with Crippen LogP contribution in [0, 0.1) is 24.3 Å². The Morgan fingerprint density at radius 3 is 2.55 bits per heavy atom. The first kappa shape index (κ1) is 13.2. The highest BCUT2D eigenvalue weighted by Gasteiger charge is 2.12. The normalized spacial score (nSPS) is 11.9. The lowest BCUT2D eigenvalue weighted by Crippen LogP contribution is -2.15. The largest absolute Gasteiger partial charge is 0.0908 e. The van der Waals surface area contributed by atoms with E-state index in [1.54, 1.807) is 0 Å². The number of rotatable bonds is 3. The maximum atomic E-state index is 4.43. The molecule has 0 fully saturated rings. The molecule has 0 aliphatic heterocycles. The van der Waals surface area contributed by atoms with Gasteiger partial charge in [0.15, 0.2) is 0 Å². The second kappa shape index (κ2) is 4.94. The van der Waals surface area contributed by atoms with Crippen molar-refractivity contribution in [2.24, 2.45) is 0 Å². The van der Waals surface area contributed by atoms with Crippen LogP contribution in [0.4, 0.5) is 0 Å². The second-order valence-electron chi connectivity index (χ2n) is 5.83. The standard InChI is InChI=1S/C20H22/c1-5-6-10-17-13(2)14(3)19-12-16-9-7-8-11-18(16)20(19)15(17)4/h7-9,11-12H,4-6,10H2,1-3H3. The monoisotopic (exact) mass is 262 g/mol. The van der Waals surface area contributed by atoms with E-state index >= 15 is 0 Å². The van der Waals surface area contributed by atoms with Gasteiger partial charge >= 0.3 is 0 Å². The Bertz CT molecular complexity index is 870. The van der Waals surface area contributed by atoms with E-state index in [9.17, 15) is 0 Å². The van der Waals surface area contributed by atoms with Crippen molar-refractivity contribution in [1.82, 2.24) is 0 Å². The quantitative estimate of drug-likeness (QED) is 0.678. The first-order chi connectivity index (χ1) is 9.65. The van der Waals surface area contributed by atoms with Gasteiger partial charge in [0.25, 0.3) is 0 Å². The molecule has 0 aromatic heterocycles. The third-order valence-electron chi connectivity index (χ3n) is 4.66. The summed E-state index contributed by atoms with van der Waals surface area (Å²) in [6, 6.07) is 8.67. The molecule has 1 aliphatic carbocycles. The summed E-state index contributed by atoms with van der Waals surface area (Å²) in [6.45, 7) is 11.2. The first-order valence-electron chi connectivity index (χ1n) is 7.57. The van der Waals surface area contributed by atoms with Gasteiger partial charge in [0, 0.05) is 0 Å². The molecule has 0 heteroatoms. The van der Waals surface area contributed by atoms with Crippen LogP contribution in [0.25, 0.3) is 12.7 Å². The predicted octanol–water partition coefficient (Wildman–Crippen LogP) is 3.49. The van der Waals surface area contributed by atoms with Gasteiger partial charge in [-0.25, -0.2) is 0 Å². The van der Waals surface area contributed by atoms with Crippen LogP contribution < -0.4 is 10.4 Å². The zero-order valence-corrected chi connectivity index (χ0v) is 12.7. The molecule has 102 valence electrons. The smallest absolute Gasteiger partial charge is 0.00329 e. The van der Waals surface area contributed by atoms with Crippen LogP contribution in [0.1, 0.15) is 42.0 Å². The Balaban J connectivity index is 2.45. The summed E-state index contributed by atoms with van der Waals surface area (Å²) in [5.74, 6) is 0. The molecule has 0 heterocycles. The molecule has 2 aromatic carbocycles. The third kappa shape index (κ3) is 1.83. The van der Waals surface area contributed by atoms with Gasteiger partial charge in [-0.1, -0.05) is 44.2 Å². The predicted molar refractivity (Wildman–Crippen MR) is 87.0 cm³/mol. The maximum absolute atomic E-state index is 4.43. The van der Waals surface area contributed by atoms with Gasteiger partial charge in [-0.05, 0) is 75.9 Å². The van der Waals surface area contributed by atoms with Crippen molar-refractivity contribution >= 4 is 12.7 Å². The number of benzene rings is 2. The SMILES string of the molecule is C=c1c(CCCC)c(C)c(C)c2c1=c1ccccc1=C2. The molecule has 0 N–H and O–H groups in total. The van der Waals surface area contributed by atoms with Gasteiger partial charge < -0.3 is 0 Å². The molecule has 20 heavy (non-hydrogen) atoms. The van der Waals surface area contributed by atoms with Gasteiger partial charge in [0.2, 0.25) is 0 Å². The van der Waals surface area contributed by atoms with Crippen LogP contribution in [-0.2, 0) is 6.42 Å². The lowest BCUT2D eigenvalue weighted by molar-refractivity contribution is 0.786. The van der Waals surface area contributed by atoms with Crippen LogP contribution >= 0.6 is 0 Å². The van der Waals surface area contributed by atoms with E-state index in [1.807, 2.05) is 0 Å². The fourth-order valence-corrected chi connectivity index (χ4v) is 3.34. The van der Waals surface area contributed by atoms with Crippen molar-refractivity contribution in [2.75, 3.05) is 0 Å². The Morgan fingerprint density at radius 2 is 1.80 bits per heavy atom. The van der Waals surface area contributed by atoms with E-state index in [0.29, 0.717) is 0 Å². The van der Waals surface area contributed by atoms with E-state index in [2.05, 4.69) is 57.7 Å². The molecule has 1 aliphatic rings. The summed E-state index contributed by atoms with van der Waals surface area (Å²) < 4.78 is 0. The number of hydrogen-bond acceptors (Lipinski definition) is 0. The summed E-state index contributed by atoms with van der Waals surface area (Å²) in [4.78, 5) is 0. The second-order valence-corrected chi connectivity index (χ2v) is 5.83. The van der Waals surface area contributed by atoms with Crippen LogP contribution in [0.3, 0.4) is 0 Å². The highest BCUT2D eigenvalue weighted by Crippen LogP contribution is 2.20. The fraction of sp³-hybridized carbons (Fsp3) is 0.300. The zero-order chi connectivity index (χ0) is 14.3. The topological polar surface area (TPSA) is 0 Å². The van der Waals surface area contributed by atoms with E-state index in [4.69, 9.17) is 0 Å². The molecule has 0 radical (unpaired) electrons. The van der Waals surface area contributed by atoms with Crippen LogP contribution in [-0.4, -0.2) is 0 Å². The molecule has 0 saturated heterocycles. The summed E-state index contributed by atoms with van der Waals surface area (Å²) >= 11 is 0. The first-order valence-corrected chi connectivity index (χ1v) is 7.57. The van der Waals surface area contributed by atoms with Gasteiger partial charge in [-0.2, -0.15) is 0 Å². The fourth-order valence-electron chi connectivity index (χ4n) is 3.34. The van der Waals surface area contributed by atoms with Crippen molar-refractivity contribution in [3.05, 3.63) is 67.4 Å². The summed E-state index contributed by atoms with van der Waals surface area (Å²) in [5.41, 5.74) is 5.71. The molecular formula is C20H22. The van der Waals surface area contributed by atoms with Crippen molar-refractivity contribution in [3.8, 4) is 0 Å².